The third-order valence-corrected chi connectivity index (χ3v) is 3.80. The minimum Gasteiger partial charge on any atom is -0.395 e. The minimum absolute atomic E-state index is 0.0355. The van der Waals surface area contributed by atoms with Crippen LogP contribution in [0.2, 0.25) is 0 Å². The van der Waals surface area contributed by atoms with Gasteiger partial charge in [0.05, 0.1) is 16.4 Å². The molecule has 3 nitrogen and oxygen atoms in total. The second kappa shape index (κ2) is 6.58. The Labute approximate surface area is 112 Å². The molecule has 0 spiro atoms. The number of amides is 1. The average molecular weight is 265 g/mol. The maximum absolute atomic E-state index is 12.1. The fourth-order valence-corrected chi connectivity index (χ4v) is 2.35. The molecule has 0 aliphatic heterocycles. The molecule has 0 atom stereocenters. The number of hydrogen-bond donors (Lipinski definition) is 1. The van der Waals surface area contributed by atoms with Crippen LogP contribution in [-0.2, 0) is 0 Å². The second-order valence-corrected chi connectivity index (χ2v) is 5.46. The molecule has 1 aromatic rings. The molecule has 1 amide bonds. The van der Waals surface area contributed by atoms with Crippen molar-refractivity contribution in [2.75, 3.05) is 13.7 Å². The van der Waals surface area contributed by atoms with Crippen LogP contribution < -0.4 is 0 Å². The number of carbonyl (C=O) groups excluding carboxylic acids is 1. The van der Waals surface area contributed by atoms with Gasteiger partial charge in [0.2, 0.25) is 0 Å². The van der Waals surface area contributed by atoms with E-state index in [4.69, 9.17) is 5.11 Å². The number of hydrogen-bond acceptors (Lipinski definition) is 3. The van der Waals surface area contributed by atoms with Gasteiger partial charge in [-0.3, -0.25) is 4.79 Å². The molecule has 1 aromatic heterocycles. The van der Waals surface area contributed by atoms with Crippen molar-refractivity contribution in [1.82, 2.24) is 4.90 Å². The summed E-state index contributed by atoms with van der Waals surface area (Å²) < 4.78 is 0. The standard InChI is InChI=1S/C14H19NO2S/c1-10(2)15(4)14(17)13-9-11(3)12(18-13)7-5-6-8-16/h9-10,16H,6,8H2,1-4H3. The van der Waals surface area contributed by atoms with Crippen LogP contribution in [0.15, 0.2) is 6.07 Å². The van der Waals surface area contributed by atoms with Crippen molar-refractivity contribution in [2.24, 2.45) is 0 Å². The lowest BCUT2D eigenvalue weighted by atomic mass is 10.2. The normalized spacial score (nSPS) is 10.1. The predicted molar refractivity (Wildman–Crippen MR) is 74.9 cm³/mol. The van der Waals surface area contributed by atoms with Gasteiger partial charge in [0.25, 0.3) is 5.91 Å². The summed E-state index contributed by atoms with van der Waals surface area (Å²) in [6.07, 6.45) is 0.465. The highest BCUT2D eigenvalue weighted by Crippen LogP contribution is 2.22. The van der Waals surface area contributed by atoms with Gasteiger partial charge >= 0.3 is 0 Å². The summed E-state index contributed by atoms with van der Waals surface area (Å²) in [6, 6.07) is 2.07. The highest BCUT2D eigenvalue weighted by atomic mass is 32.1. The number of rotatable bonds is 3. The molecule has 1 heterocycles. The van der Waals surface area contributed by atoms with Crippen molar-refractivity contribution in [1.29, 1.82) is 0 Å². The Bertz CT molecular complexity index is 480. The third kappa shape index (κ3) is 3.59. The van der Waals surface area contributed by atoms with Crippen LogP contribution in [0.1, 0.15) is 40.4 Å². The molecule has 0 saturated carbocycles. The lowest BCUT2D eigenvalue weighted by Crippen LogP contribution is -2.32. The summed E-state index contributed by atoms with van der Waals surface area (Å²) in [6.45, 7) is 5.99. The molecule has 0 aromatic carbocycles. The van der Waals surface area contributed by atoms with E-state index >= 15 is 0 Å². The summed E-state index contributed by atoms with van der Waals surface area (Å²) in [5, 5.41) is 8.68. The first-order valence-electron chi connectivity index (χ1n) is 5.94. The maximum Gasteiger partial charge on any atom is 0.263 e. The van der Waals surface area contributed by atoms with Crippen LogP contribution >= 0.6 is 11.3 Å². The number of carbonyl (C=O) groups is 1. The molecule has 0 fully saturated rings. The molecule has 1 rings (SSSR count). The van der Waals surface area contributed by atoms with Crippen LogP contribution in [0, 0.1) is 18.8 Å². The highest BCUT2D eigenvalue weighted by molar-refractivity contribution is 7.14. The van der Waals surface area contributed by atoms with Gasteiger partial charge in [0, 0.05) is 19.5 Å². The van der Waals surface area contributed by atoms with Crippen molar-refractivity contribution in [3.8, 4) is 11.8 Å². The highest BCUT2D eigenvalue weighted by Gasteiger charge is 2.17. The molecule has 0 aliphatic carbocycles. The minimum atomic E-state index is 0.0355. The van der Waals surface area contributed by atoms with E-state index in [9.17, 15) is 4.79 Å². The first-order chi connectivity index (χ1) is 8.47. The maximum atomic E-state index is 12.1. The molecule has 0 bridgehead atoms. The van der Waals surface area contributed by atoms with Crippen LogP contribution in [0.25, 0.3) is 0 Å². The van der Waals surface area contributed by atoms with E-state index in [-0.39, 0.29) is 18.6 Å². The zero-order chi connectivity index (χ0) is 13.7. The molecular weight excluding hydrogens is 246 g/mol. The van der Waals surface area contributed by atoms with E-state index in [2.05, 4.69) is 11.8 Å². The largest absolute Gasteiger partial charge is 0.395 e. The topological polar surface area (TPSA) is 40.5 Å². The first kappa shape index (κ1) is 14.7. The quantitative estimate of drug-likeness (QED) is 0.852. The van der Waals surface area contributed by atoms with Crippen molar-refractivity contribution in [3.63, 3.8) is 0 Å². The van der Waals surface area contributed by atoms with Crippen molar-refractivity contribution < 1.29 is 9.90 Å². The van der Waals surface area contributed by atoms with Crippen LogP contribution in [0.5, 0.6) is 0 Å². The molecule has 18 heavy (non-hydrogen) atoms. The zero-order valence-corrected chi connectivity index (χ0v) is 12.1. The van der Waals surface area contributed by atoms with Gasteiger partial charge < -0.3 is 10.0 Å². The van der Waals surface area contributed by atoms with E-state index in [1.807, 2.05) is 26.8 Å². The fraction of sp³-hybridized carbons (Fsp3) is 0.500. The van der Waals surface area contributed by atoms with Crippen LogP contribution in [0.3, 0.4) is 0 Å². The molecule has 98 valence electrons. The molecule has 0 aliphatic rings. The predicted octanol–water partition coefficient (Wildman–Crippen LogP) is 2.27. The second-order valence-electron chi connectivity index (χ2n) is 4.41. The van der Waals surface area contributed by atoms with E-state index in [0.29, 0.717) is 6.42 Å². The van der Waals surface area contributed by atoms with E-state index in [1.54, 1.807) is 11.9 Å². The van der Waals surface area contributed by atoms with Crippen molar-refractivity contribution in [3.05, 3.63) is 21.4 Å². The fourth-order valence-electron chi connectivity index (χ4n) is 1.32. The van der Waals surface area contributed by atoms with Crippen molar-refractivity contribution >= 4 is 17.2 Å². The Hall–Kier alpha value is -1.31. The summed E-state index contributed by atoms with van der Waals surface area (Å²) >= 11 is 1.42. The Morgan fingerprint density at radius 1 is 1.56 bits per heavy atom. The number of aryl methyl sites for hydroxylation is 1. The molecule has 4 heteroatoms. The lowest BCUT2D eigenvalue weighted by molar-refractivity contribution is 0.0760. The van der Waals surface area contributed by atoms with Gasteiger partial charge in [-0.05, 0) is 32.4 Å². The summed E-state index contributed by atoms with van der Waals surface area (Å²) in [7, 11) is 1.80. The molecule has 0 unspecified atom stereocenters. The average Bonchev–Trinajstić information content (AvgIpc) is 2.69. The van der Waals surface area contributed by atoms with Crippen LogP contribution in [0.4, 0.5) is 0 Å². The number of thiophene rings is 1. The summed E-state index contributed by atoms with van der Waals surface area (Å²) in [5.74, 6) is 5.91. The smallest absolute Gasteiger partial charge is 0.263 e. The zero-order valence-electron chi connectivity index (χ0n) is 11.3. The first-order valence-corrected chi connectivity index (χ1v) is 6.76. The molecule has 0 radical (unpaired) electrons. The number of aliphatic hydroxyl groups excluding tert-OH is 1. The van der Waals surface area contributed by atoms with Crippen molar-refractivity contribution in [2.45, 2.75) is 33.2 Å². The van der Waals surface area contributed by atoms with Gasteiger partial charge in [0.1, 0.15) is 0 Å². The lowest BCUT2D eigenvalue weighted by Gasteiger charge is -2.20. The van der Waals surface area contributed by atoms with Gasteiger partial charge in [-0.1, -0.05) is 11.8 Å². The summed E-state index contributed by atoms with van der Waals surface area (Å²) in [4.78, 5) is 15.5. The SMILES string of the molecule is Cc1cc(C(=O)N(C)C(C)C)sc1C#CCCO. The van der Waals surface area contributed by atoms with Gasteiger partial charge in [-0.15, -0.1) is 11.3 Å². The Morgan fingerprint density at radius 2 is 2.22 bits per heavy atom. The summed E-state index contributed by atoms with van der Waals surface area (Å²) in [5.41, 5.74) is 1.02. The molecular formula is C14H19NO2S. The van der Waals surface area contributed by atoms with E-state index < -0.39 is 0 Å². The van der Waals surface area contributed by atoms with E-state index in [1.165, 1.54) is 11.3 Å². The monoisotopic (exact) mass is 265 g/mol. The third-order valence-electron chi connectivity index (χ3n) is 2.66. The van der Waals surface area contributed by atoms with Crippen LogP contribution in [-0.4, -0.2) is 35.6 Å². The molecule has 1 N–H and O–H groups in total. The Morgan fingerprint density at radius 3 is 2.78 bits per heavy atom. The van der Waals surface area contributed by atoms with E-state index in [0.717, 1.165) is 15.3 Å². The van der Waals surface area contributed by atoms with Gasteiger partial charge in [-0.25, -0.2) is 0 Å². The van der Waals surface area contributed by atoms with Gasteiger partial charge in [0.15, 0.2) is 0 Å². The number of nitrogens with zero attached hydrogens (tertiary/aromatic N) is 1. The Kier molecular flexibility index (Phi) is 5.39. The number of aliphatic hydroxyl groups is 1. The van der Waals surface area contributed by atoms with Gasteiger partial charge in [-0.2, -0.15) is 0 Å². The molecule has 0 saturated heterocycles. The Balaban J connectivity index is 2.91.